The topological polar surface area (TPSA) is 87.7 Å². The molecular weight excluding hydrogens is 236 g/mol. The molecule has 0 aromatic heterocycles. The molecule has 2 atom stereocenters. The Morgan fingerprint density at radius 3 is 2.78 bits per heavy atom. The van der Waals surface area contributed by atoms with Crippen molar-refractivity contribution in [2.75, 3.05) is 13.2 Å². The van der Waals surface area contributed by atoms with Crippen LogP contribution in [0.5, 0.6) is 0 Å². The van der Waals surface area contributed by atoms with E-state index in [2.05, 4.69) is 10.6 Å². The third-order valence-electron chi connectivity index (χ3n) is 3.09. The van der Waals surface area contributed by atoms with Gasteiger partial charge >= 0.3 is 12.0 Å². The predicted octanol–water partition coefficient (Wildman–Crippen LogP) is 1.11. The van der Waals surface area contributed by atoms with Gasteiger partial charge in [0.1, 0.15) is 0 Å². The highest BCUT2D eigenvalue weighted by molar-refractivity contribution is 5.74. The smallest absolute Gasteiger partial charge is 0.315 e. The molecule has 0 saturated carbocycles. The number of nitrogens with one attached hydrogen (secondary N) is 2. The van der Waals surface area contributed by atoms with Crippen molar-refractivity contribution in [1.82, 2.24) is 10.6 Å². The summed E-state index contributed by atoms with van der Waals surface area (Å²) in [5, 5.41) is 14.0. The third kappa shape index (κ3) is 5.35. The van der Waals surface area contributed by atoms with Gasteiger partial charge in [0.05, 0.1) is 5.60 Å². The Hall–Kier alpha value is -1.30. The number of aliphatic carboxylic acids is 1. The van der Waals surface area contributed by atoms with Crippen molar-refractivity contribution in [3.05, 3.63) is 0 Å². The number of urea groups is 1. The summed E-state index contributed by atoms with van der Waals surface area (Å²) >= 11 is 0. The highest BCUT2D eigenvalue weighted by atomic mass is 16.5. The summed E-state index contributed by atoms with van der Waals surface area (Å²) in [5.41, 5.74) is -0.262. The molecule has 3 N–H and O–H groups in total. The van der Waals surface area contributed by atoms with Crippen molar-refractivity contribution >= 4 is 12.0 Å². The summed E-state index contributed by atoms with van der Waals surface area (Å²) in [6.07, 6.45) is 2.45. The molecule has 0 bridgehead atoms. The summed E-state index contributed by atoms with van der Waals surface area (Å²) in [6.45, 7) is 4.99. The van der Waals surface area contributed by atoms with E-state index >= 15 is 0 Å². The molecule has 1 aliphatic rings. The maximum Gasteiger partial charge on any atom is 0.315 e. The second kappa shape index (κ2) is 6.58. The van der Waals surface area contributed by atoms with Gasteiger partial charge in [-0.1, -0.05) is 0 Å². The van der Waals surface area contributed by atoms with Crippen molar-refractivity contribution in [3.63, 3.8) is 0 Å². The second-order valence-corrected chi connectivity index (χ2v) is 5.06. The van der Waals surface area contributed by atoms with Crippen molar-refractivity contribution in [2.24, 2.45) is 0 Å². The molecule has 1 fully saturated rings. The largest absolute Gasteiger partial charge is 0.481 e. The van der Waals surface area contributed by atoms with E-state index in [1.807, 2.05) is 6.92 Å². The maximum absolute atomic E-state index is 11.6. The van der Waals surface area contributed by atoms with Gasteiger partial charge in [-0.3, -0.25) is 4.79 Å². The SMILES string of the molecule is CC(CCC(=O)O)NC(=O)NCC1(C)CCCO1. The average Bonchev–Trinajstić information content (AvgIpc) is 2.72. The predicted molar refractivity (Wildman–Crippen MR) is 66.5 cm³/mol. The van der Waals surface area contributed by atoms with Gasteiger partial charge in [0.2, 0.25) is 0 Å². The lowest BCUT2D eigenvalue weighted by atomic mass is 10.0. The summed E-state index contributed by atoms with van der Waals surface area (Å²) in [6, 6.07) is -0.428. The lowest BCUT2D eigenvalue weighted by Gasteiger charge is -2.24. The molecule has 1 aliphatic heterocycles. The van der Waals surface area contributed by atoms with Crippen LogP contribution in [-0.2, 0) is 9.53 Å². The standard InChI is InChI=1S/C12H22N2O4/c1-9(4-5-10(15)16)14-11(17)13-8-12(2)6-3-7-18-12/h9H,3-8H2,1-2H3,(H,15,16)(H2,13,14,17). The molecule has 0 spiro atoms. The van der Waals surface area contributed by atoms with Gasteiger partial charge in [0.15, 0.2) is 0 Å². The highest BCUT2D eigenvalue weighted by Crippen LogP contribution is 2.23. The number of hydrogen-bond donors (Lipinski definition) is 3. The number of carbonyl (C=O) groups is 2. The summed E-state index contributed by atoms with van der Waals surface area (Å²) in [5.74, 6) is -0.851. The van der Waals surface area contributed by atoms with E-state index in [0.717, 1.165) is 19.4 Å². The van der Waals surface area contributed by atoms with Crippen LogP contribution >= 0.6 is 0 Å². The summed E-state index contributed by atoms with van der Waals surface area (Å²) in [7, 11) is 0. The van der Waals surface area contributed by atoms with Crippen LogP contribution in [0.3, 0.4) is 0 Å². The molecule has 1 heterocycles. The Bertz CT molecular complexity index is 300. The fourth-order valence-electron chi connectivity index (χ4n) is 1.93. The van der Waals surface area contributed by atoms with Crippen LogP contribution in [0, 0.1) is 0 Å². The number of rotatable bonds is 6. The molecule has 0 aromatic rings. The van der Waals surface area contributed by atoms with E-state index in [4.69, 9.17) is 9.84 Å². The quantitative estimate of drug-likeness (QED) is 0.666. The molecule has 0 aromatic carbocycles. The number of amides is 2. The zero-order chi connectivity index (χ0) is 13.6. The summed E-state index contributed by atoms with van der Waals surface area (Å²) < 4.78 is 5.55. The average molecular weight is 258 g/mol. The molecule has 0 radical (unpaired) electrons. The molecule has 2 unspecified atom stereocenters. The zero-order valence-corrected chi connectivity index (χ0v) is 11.0. The summed E-state index contributed by atoms with van der Waals surface area (Å²) in [4.78, 5) is 22.0. The fraction of sp³-hybridized carbons (Fsp3) is 0.833. The number of carboxylic acids is 1. The minimum absolute atomic E-state index is 0.0578. The molecule has 0 aliphatic carbocycles. The van der Waals surface area contributed by atoms with E-state index in [9.17, 15) is 9.59 Å². The lowest BCUT2D eigenvalue weighted by Crippen LogP contribution is -2.47. The third-order valence-corrected chi connectivity index (χ3v) is 3.09. The molecular formula is C12H22N2O4. The molecule has 1 rings (SSSR count). The molecule has 18 heavy (non-hydrogen) atoms. The lowest BCUT2D eigenvalue weighted by molar-refractivity contribution is -0.137. The number of hydrogen-bond acceptors (Lipinski definition) is 3. The van der Waals surface area contributed by atoms with Crippen LogP contribution in [0.2, 0.25) is 0 Å². The maximum atomic E-state index is 11.6. The van der Waals surface area contributed by atoms with Crippen LogP contribution in [-0.4, -0.2) is 41.9 Å². The van der Waals surface area contributed by atoms with E-state index in [1.54, 1.807) is 6.92 Å². The Morgan fingerprint density at radius 2 is 2.22 bits per heavy atom. The number of carbonyl (C=O) groups excluding carboxylic acids is 1. The van der Waals surface area contributed by atoms with E-state index < -0.39 is 5.97 Å². The van der Waals surface area contributed by atoms with Crippen molar-refractivity contribution in [3.8, 4) is 0 Å². The zero-order valence-electron chi connectivity index (χ0n) is 11.0. The molecule has 6 heteroatoms. The second-order valence-electron chi connectivity index (χ2n) is 5.06. The van der Waals surface area contributed by atoms with Gasteiger partial charge in [-0.2, -0.15) is 0 Å². The first kappa shape index (κ1) is 14.8. The Kier molecular flexibility index (Phi) is 5.40. The fourth-order valence-corrected chi connectivity index (χ4v) is 1.93. The molecule has 104 valence electrons. The highest BCUT2D eigenvalue weighted by Gasteiger charge is 2.30. The van der Waals surface area contributed by atoms with Crippen LogP contribution < -0.4 is 10.6 Å². The number of ether oxygens (including phenoxy) is 1. The van der Waals surface area contributed by atoms with Gasteiger partial charge in [-0.05, 0) is 33.1 Å². The van der Waals surface area contributed by atoms with Crippen LogP contribution in [0.4, 0.5) is 4.79 Å². The Labute approximate surface area is 107 Å². The molecule has 2 amide bonds. The van der Waals surface area contributed by atoms with Crippen LogP contribution in [0.1, 0.15) is 39.5 Å². The van der Waals surface area contributed by atoms with Gasteiger partial charge in [0, 0.05) is 25.6 Å². The van der Waals surface area contributed by atoms with Gasteiger partial charge in [-0.15, -0.1) is 0 Å². The van der Waals surface area contributed by atoms with Gasteiger partial charge in [-0.25, -0.2) is 4.79 Å². The van der Waals surface area contributed by atoms with Crippen LogP contribution in [0.25, 0.3) is 0 Å². The Balaban J connectivity index is 2.18. The molecule has 1 saturated heterocycles. The first-order valence-electron chi connectivity index (χ1n) is 6.31. The normalized spacial score (nSPS) is 24.6. The van der Waals surface area contributed by atoms with E-state index in [1.165, 1.54) is 0 Å². The minimum atomic E-state index is -0.851. The van der Waals surface area contributed by atoms with Gasteiger partial charge in [0.25, 0.3) is 0 Å². The van der Waals surface area contributed by atoms with E-state index in [-0.39, 0.29) is 24.1 Å². The van der Waals surface area contributed by atoms with Crippen molar-refractivity contribution in [1.29, 1.82) is 0 Å². The first-order chi connectivity index (χ1) is 8.41. The van der Waals surface area contributed by atoms with Crippen LogP contribution in [0.15, 0.2) is 0 Å². The van der Waals surface area contributed by atoms with Gasteiger partial charge < -0.3 is 20.5 Å². The van der Waals surface area contributed by atoms with Crippen molar-refractivity contribution in [2.45, 2.75) is 51.2 Å². The first-order valence-corrected chi connectivity index (χ1v) is 6.31. The molecule has 6 nitrogen and oxygen atoms in total. The van der Waals surface area contributed by atoms with E-state index in [0.29, 0.717) is 13.0 Å². The monoisotopic (exact) mass is 258 g/mol. The number of carboxylic acid groups (broad SMARTS) is 1. The minimum Gasteiger partial charge on any atom is -0.481 e. The van der Waals surface area contributed by atoms with Crippen molar-refractivity contribution < 1.29 is 19.4 Å². The Morgan fingerprint density at radius 1 is 1.50 bits per heavy atom.